The molecule has 5 saturated carbocycles. The second-order valence-corrected chi connectivity index (χ2v) is 22.1. The summed E-state index contributed by atoms with van der Waals surface area (Å²) in [5, 5.41) is 50.8. The van der Waals surface area contributed by atoms with E-state index in [-0.39, 0.29) is 35.6 Å². The highest BCUT2D eigenvalue weighted by atomic mass is 16.3. The maximum atomic E-state index is 12.2. The summed E-state index contributed by atoms with van der Waals surface area (Å²) < 4.78 is 0. The van der Waals surface area contributed by atoms with Crippen LogP contribution in [0.15, 0.2) is 48.5 Å². The zero-order chi connectivity index (χ0) is 39.3. The summed E-state index contributed by atoms with van der Waals surface area (Å²) in [4.78, 5) is 2.71. The first-order valence-electron chi connectivity index (χ1n) is 23.8. The molecule has 0 bridgehead atoms. The topological polar surface area (TPSA) is 84.2 Å². The minimum Gasteiger partial charge on any atom is -0.396 e. The van der Waals surface area contributed by atoms with Gasteiger partial charge in [-0.1, -0.05) is 56.7 Å². The van der Waals surface area contributed by atoms with Crippen LogP contribution in [-0.2, 0) is 12.8 Å². The molecule has 0 aromatic heterocycles. The monoisotopic (exact) mass is 776 g/mol. The van der Waals surface area contributed by atoms with Crippen molar-refractivity contribution in [3.8, 4) is 0 Å². The highest BCUT2D eigenvalue weighted by molar-refractivity contribution is 5.99. The minimum atomic E-state index is -0.600. The zero-order valence-electron chi connectivity index (χ0n) is 35.4. The van der Waals surface area contributed by atoms with Crippen molar-refractivity contribution in [2.24, 2.45) is 64.1 Å². The van der Waals surface area contributed by atoms with E-state index in [0.717, 1.165) is 89.5 Å². The number of nitrogens with zero attached hydrogens (tertiary/aromatic N) is 1. The predicted octanol–water partition coefficient (Wildman–Crippen LogP) is 9.72. The third-order valence-corrected chi connectivity index (χ3v) is 19.1. The smallest absolute Gasteiger partial charge is 0.0805 e. The Morgan fingerprint density at radius 2 is 1.61 bits per heavy atom. The first kappa shape index (κ1) is 39.1. The van der Waals surface area contributed by atoms with Gasteiger partial charge >= 0.3 is 0 Å². The number of unbranched alkanes of at least 4 members (excludes halogenated alkanes) is 2. The number of aryl methyl sites for hydroxylation is 2. The molecule has 5 nitrogen and oxygen atoms in total. The molecule has 0 amide bonds. The SMILES string of the molecule is CC1CCC2N(C1)CC1C3CC4C(CC(O)C5CC(O)C6(CCC(CCc7ccc8cc9cccc(CCCCCO)c9cc8c7)C6)CC54C)C3CCC1C2(C)O. The first-order chi connectivity index (χ1) is 27.5. The number of hydrogen-bond donors (Lipinski definition) is 4. The number of hydrogen-bond acceptors (Lipinski definition) is 5. The molecule has 4 N–H and O–H groups in total. The van der Waals surface area contributed by atoms with Crippen LogP contribution in [0, 0.1) is 64.1 Å². The van der Waals surface area contributed by atoms with E-state index in [4.69, 9.17) is 0 Å². The first-order valence-corrected chi connectivity index (χ1v) is 23.8. The molecule has 1 spiro atoms. The van der Waals surface area contributed by atoms with E-state index in [2.05, 4.69) is 74.2 Å². The lowest BCUT2D eigenvalue weighted by Gasteiger charge is -2.60. The molecule has 5 aliphatic carbocycles. The van der Waals surface area contributed by atoms with Crippen LogP contribution in [0.1, 0.15) is 128 Å². The van der Waals surface area contributed by atoms with Gasteiger partial charge in [-0.25, -0.2) is 0 Å². The number of rotatable bonds is 8. The van der Waals surface area contributed by atoms with Crippen molar-refractivity contribution in [2.75, 3.05) is 19.7 Å². The molecule has 15 unspecified atom stereocenters. The van der Waals surface area contributed by atoms with Crippen molar-refractivity contribution in [3.05, 3.63) is 59.7 Å². The van der Waals surface area contributed by atoms with Crippen LogP contribution in [0.4, 0.5) is 0 Å². The number of fused-ring (bicyclic) bond motifs is 10. The molecule has 57 heavy (non-hydrogen) atoms. The number of aliphatic hydroxyl groups excluding tert-OH is 3. The number of aliphatic hydroxyl groups is 4. The van der Waals surface area contributed by atoms with E-state index in [0.29, 0.717) is 47.5 Å². The summed E-state index contributed by atoms with van der Waals surface area (Å²) >= 11 is 0. The summed E-state index contributed by atoms with van der Waals surface area (Å²) in [7, 11) is 0. The fraction of sp³-hybridized carbons (Fsp3) is 0.731. The maximum absolute atomic E-state index is 12.2. The van der Waals surface area contributed by atoms with E-state index in [9.17, 15) is 20.4 Å². The van der Waals surface area contributed by atoms with Crippen LogP contribution in [0.5, 0.6) is 0 Å². The molecule has 2 aliphatic heterocycles. The van der Waals surface area contributed by atoms with Crippen LogP contribution in [-0.4, -0.2) is 68.9 Å². The van der Waals surface area contributed by atoms with Crippen molar-refractivity contribution < 1.29 is 20.4 Å². The van der Waals surface area contributed by atoms with Crippen molar-refractivity contribution in [3.63, 3.8) is 0 Å². The van der Waals surface area contributed by atoms with E-state index in [1.165, 1.54) is 71.3 Å². The highest BCUT2D eigenvalue weighted by Crippen LogP contribution is 2.71. The molecule has 0 radical (unpaired) electrons. The Hall–Kier alpha value is -2.02. The van der Waals surface area contributed by atoms with Gasteiger partial charge in [0.25, 0.3) is 0 Å². The van der Waals surface area contributed by atoms with Gasteiger partial charge in [-0.15, -0.1) is 0 Å². The summed E-state index contributed by atoms with van der Waals surface area (Å²) in [6, 6.07) is 18.9. The molecule has 310 valence electrons. The Morgan fingerprint density at radius 1 is 0.737 bits per heavy atom. The van der Waals surface area contributed by atoms with Gasteiger partial charge < -0.3 is 20.4 Å². The van der Waals surface area contributed by atoms with Gasteiger partial charge in [-0.05, 0) is 219 Å². The van der Waals surface area contributed by atoms with Crippen LogP contribution in [0.2, 0.25) is 0 Å². The third-order valence-electron chi connectivity index (χ3n) is 19.1. The molecule has 7 aliphatic rings. The Kier molecular flexibility index (Phi) is 10.2. The Balaban J connectivity index is 0.841. The van der Waals surface area contributed by atoms with Crippen molar-refractivity contribution in [2.45, 2.75) is 154 Å². The average Bonchev–Trinajstić information content (AvgIpc) is 3.78. The van der Waals surface area contributed by atoms with E-state index in [1.54, 1.807) is 0 Å². The van der Waals surface area contributed by atoms with Gasteiger partial charge in [0.05, 0.1) is 17.8 Å². The Bertz CT molecular complexity index is 1940. The van der Waals surface area contributed by atoms with Gasteiger partial charge in [-0.2, -0.15) is 0 Å². The standard InChI is InChI=1S/C52H73NO4/c1-32-11-18-48-51(3,57)44-17-16-39-41(43(44)30-53(48)29-32)25-45-42(39)26-47(55)46-27-49(56)52(31-50(45,46)2)20-19-34(28-52)13-12-33-14-15-36-23-37-10-7-9-35(8-5-4-6-21-54)40(37)24-38(36)22-33/h7,9-10,14-15,22-24,32,34,39,41-49,54-57H,4-6,8,11-13,16-21,25-31H2,1-3H3. The molecule has 5 heteroatoms. The second-order valence-electron chi connectivity index (χ2n) is 22.1. The predicted molar refractivity (Wildman–Crippen MR) is 231 cm³/mol. The molecule has 2 heterocycles. The third kappa shape index (κ3) is 6.57. The summed E-state index contributed by atoms with van der Waals surface area (Å²) in [5.74, 6) is 5.09. The van der Waals surface area contributed by atoms with Gasteiger partial charge in [0.1, 0.15) is 0 Å². The van der Waals surface area contributed by atoms with E-state index >= 15 is 0 Å². The summed E-state index contributed by atoms with van der Waals surface area (Å²) in [5.41, 5.74) is 2.30. The van der Waals surface area contributed by atoms with Crippen LogP contribution >= 0.6 is 0 Å². The second kappa shape index (κ2) is 14.9. The number of benzene rings is 3. The van der Waals surface area contributed by atoms with Crippen LogP contribution in [0.25, 0.3) is 21.5 Å². The molecular weight excluding hydrogens is 703 g/mol. The highest BCUT2D eigenvalue weighted by Gasteiger charge is 2.67. The molecular formula is C52H73NO4. The van der Waals surface area contributed by atoms with Crippen LogP contribution in [0.3, 0.4) is 0 Å². The van der Waals surface area contributed by atoms with E-state index < -0.39 is 5.60 Å². The zero-order valence-corrected chi connectivity index (χ0v) is 35.4. The molecule has 3 aromatic carbocycles. The van der Waals surface area contributed by atoms with Gasteiger partial charge in [-0.3, -0.25) is 4.90 Å². The fourth-order valence-electron chi connectivity index (χ4n) is 16.5. The van der Waals surface area contributed by atoms with Gasteiger partial charge in [0.15, 0.2) is 0 Å². The molecule has 15 atom stereocenters. The van der Waals surface area contributed by atoms with Crippen LogP contribution < -0.4 is 0 Å². The maximum Gasteiger partial charge on any atom is 0.0805 e. The lowest BCUT2D eigenvalue weighted by atomic mass is 9.46. The van der Waals surface area contributed by atoms with Gasteiger partial charge in [0.2, 0.25) is 0 Å². The largest absolute Gasteiger partial charge is 0.396 e. The summed E-state index contributed by atoms with van der Waals surface area (Å²) in [6.07, 6.45) is 18.1. The lowest BCUT2D eigenvalue weighted by molar-refractivity contribution is -0.180. The quantitative estimate of drug-likeness (QED) is 0.135. The van der Waals surface area contributed by atoms with Crippen molar-refractivity contribution in [1.82, 2.24) is 4.90 Å². The Morgan fingerprint density at radius 3 is 2.47 bits per heavy atom. The van der Waals surface area contributed by atoms with Crippen molar-refractivity contribution >= 4 is 21.5 Å². The minimum absolute atomic E-state index is 0.0185. The molecule has 2 saturated heterocycles. The fourth-order valence-corrected chi connectivity index (χ4v) is 16.5. The summed E-state index contributed by atoms with van der Waals surface area (Å²) in [6.45, 7) is 9.77. The molecule has 3 aromatic rings. The lowest BCUT2D eigenvalue weighted by Crippen LogP contribution is -2.67. The Labute approximate surface area is 343 Å². The van der Waals surface area contributed by atoms with Gasteiger partial charge in [0, 0.05) is 25.7 Å². The normalized spacial score (nSPS) is 44.1. The average molecular weight is 776 g/mol. The number of piperidine rings is 2. The molecule has 10 rings (SSSR count). The van der Waals surface area contributed by atoms with Crippen molar-refractivity contribution in [1.29, 1.82) is 0 Å². The molecule has 7 fully saturated rings. The van der Waals surface area contributed by atoms with E-state index in [1.807, 2.05) is 0 Å².